The molecule has 0 bridgehead atoms. The first kappa shape index (κ1) is 19.9. The van der Waals surface area contributed by atoms with Gasteiger partial charge in [0.25, 0.3) is 5.91 Å². The van der Waals surface area contributed by atoms with E-state index < -0.39 is 0 Å². The summed E-state index contributed by atoms with van der Waals surface area (Å²) in [6.07, 6.45) is 6.20. The van der Waals surface area contributed by atoms with Crippen LogP contribution in [-0.4, -0.2) is 16.5 Å². The normalized spacial score (nSPS) is 19.9. The van der Waals surface area contributed by atoms with Gasteiger partial charge >= 0.3 is 0 Å². The molecule has 3 rings (SSSR count). The fourth-order valence-corrected chi connectivity index (χ4v) is 4.11. The number of benzene rings is 1. The maximum absolute atomic E-state index is 12.7. The molecule has 0 unspecified atom stereocenters. The maximum atomic E-state index is 12.7. The Kier molecular flexibility index (Phi) is 6.04. The molecule has 0 radical (unpaired) electrons. The van der Waals surface area contributed by atoms with E-state index in [1.165, 1.54) is 12.0 Å². The van der Waals surface area contributed by atoms with Gasteiger partial charge in [0.2, 0.25) is 0 Å². The van der Waals surface area contributed by atoms with Gasteiger partial charge in [0.15, 0.2) is 0 Å². The highest BCUT2D eigenvalue weighted by Gasteiger charge is 2.24. The highest BCUT2D eigenvalue weighted by Crippen LogP contribution is 2.25. The number of amides is 1. The Hall–Kier alpha value is -2.80. The number of rotatable bonds is 4. The summed E-state index contributed by atoms with van der Waals surface area (Å²) < 4.78 is 2.15. The number of carbonyl (C=O) groups is 1. The van der Waals surface area contributed by atoms with Gasteiger partial charge in [-0.25, -0.2) is 0 Å². The van der Waals surface area contributed by atoms with Crippen molar-refractivity contribution in [3.05, 3.63) is 58.4 Å². The van der Waals surface area contributed by atoms with Crippen molar-refractivity contribution in [1.82, 2.24) is 9.88 Å². The molecule has 1 heterocycles. The molecule has 0 aliphatic heterocycles. The summed E-state index contributed by atoms with van der Waals surface area (Å²) >= 11 is 0. The van der Waals surface area contributed by atoms with Crippen molar-refractivity contribution in [3.63, 3.8) is 0 Å². The Morgan fingerprint density at radius 1 is 1.18 bits per heavy atom. The zero-order valence-electron chi connectivity index (χ0n) is 17.2. The number of hydrogen-bond acceptors (Lipinski definition) is 2. The zero-order chi connectivity index (χ0) is 20.3. The van der Waals surface area contributed by atoms with Gasteiger partial charge in [-0.2, -0.15) is 5.26 Å². The van der Waals surface area contributed by atoms with Crippen LogP contribution >= 0.6 is 0 Å². The summed E-state index contributed by atoms with van der Waals surface area (Å²) in [6.45, 7) is 8.31. The molecular weight excluding hydrogens is 346 g/mol. The van der Waals surface area contributed by atoms with E-state index in [0.29, 0.717) is 5.92 Å². The highest BCUT2D eigenvalue weighted by atomic mass is 16.1. The summed E-state index contributed by atoms with van der Waals surface area (Å²) in [4.78, 5) is 12.7. The molecule has 1 N–H and O–H groups in total. The van der Waals surface area contributed by atoms with E-state index in [9.17, 15) is 10.1 Å². The molecule has 2 atom stereocenters. The molecule has 4 heteroatoms. The van der Waals surface area contributed by atoms with Gasteiger partial charge in [-0.15, -0.1) is 0 Å². The minimum absolute atomic E-state index is 0.165. The Morgan fingerprint density at radius 2 is 1.86 bits per heavy atom. The van der Waals surface area contributed by atoms with Gasteiger partial charge in [0, 0.05) is 23.1 Å². The van der Waals surface area contributed by atoms with E-state index in [4.69, 9.17) is 0 Å². The molecule has 28 heavy (non-hydrogen) atoms. The van der Waals surface area contributed by atoms with Crippen LogP contribution in [0.25, 0.3) is 11.8 Å². The Morgan fingerprint density at radius 3 is 2.50 bits per heavy atom. The topological polar surface area (TPSA) is 57.8 Å². The number of nitrogens with one attached hydrogen (secondary N) is 1. The molecule has 4 nitrogen and oxygen atoms in total. The number of nitriles is 1. The fourth-order valence-electron chi connectivity index (χ4n) is 4.11. The summed E-state index contributed by atoms with van der Waals surface area (Å²) in [5, 5.41) is 12.7. The summed E-state index contributed by atoms with van der Waals surface area (Å²) in [7, 11) is 0. The van der Waals surface area contributed by atoms with Gasteiger partial charge in [-0.05, 0) is 69.4 Å². The molecule has 1 saturated carbocycles. The van der Waals surface area contributed by atoms with Crippen LogP contribution < -0.4 is 5.32 Å². The fraction of sp³-hybridized carbons (Fsp3) is 0.417. The molecule has 1 aromatic heterocycles. The first-order chi connectivity index (χ1) is 13.4. The van der Waals surface area contributed by atoms with Crippen LogP contribution in [-0.2, 0) is 4.79 Å². The number of aromatic nitrogens is 1. The first-order valence-corrected chi connectivity index (χ1v) is 10.1. The van der Waals surface area contributed by atoms with E-state index >= 15 is 0 Å². The molecule has 1 aliphatic rings. The van der Waals surface area contributed by atoms with Crippen LogP contribution in [0, 0.1) is 38.0 Å². The van der Waals surface area contributed by atoms with Gasteiger partial charge in [-0.1, -0.05) is 37.5 Å². The van der Waals surface area contributed by atoms with E-state index in [1.54, 1.807) is 6.08 Å². The van der Waals surface area contributed by atoms with Crippen molar-refractivity contribution < 1.29 is 4.79 Å². The largest absolute Gasteiger partial charge is 0.348 e. The van der Waals surface area contributed by atoms with Crippen LogP contribution in [0.3, 0.4) is 0 Å². The average Bonchev–Trinajstić information content (AvgIpc) is 2.95. The monoisotopic (exact) mass is 375 g/mol. The SMILES string of the molecule is Cc1ccc(-n2c(C)cc(/C=C(\C#N)C(=O)N[C@@H]3CCCC[C@H]3C)c2C)cc1. The predicted molar refractivity (Wildman–Crippen MR) is 113 cm³/mol. The molecule has 0 spiro atoms. The van der Waals surface area contributed by atoms with Crippen LogP contribution in [0.15, 0.2) is 35.9 Å². The van der Waals surface area contributed by atoms with Crippen molar-refractivity contribution in [2.24, 2.45) is 5.92 Å². The van der Waals surface area contributed by atoms with Crippen LogP contribution in [0.1, 0.15) is 55.1 Å². The van der Waals surface area contributed by atoms with Crippen molar-refractivity contribution >= 4 is 12.0 Å². The molecule has 146 valence electrons. The second kappa shape index (κ2) is 8.48. The van der Waals surface area contributed by atoms with E-state index in [1.807, 2.05) is 19.9 Å². The standard InChI is InChI=1S/C24H29N3O/c1-16-9-11-22(12-10-16)27-18(3)13-20(19(27)4)14-21(15-25)24(28)26-23-8-6-5-7-17(23)2/h9-14,17,23H,5-8H2,1-4H3,(H,26,28)/b21-14+/t17-,23-/m1/s1. The summed E-state index contributed by atoms with van der Waals surface area (Å²) in [6, 6.07) is 12.6. The third-order valence-electron chi connectivity index (χ3n) is 5.86. The van der Waals surface area contributed by atoms with Crippen LogP contribution in [0.2, 0.25) is 0 Å². The van der Waals surface area contributed by atoms with Crippen LogP contribution in [0.5, 0.6) is 0 Å². The highest BCUT2D eigenvalue weighted by molar-refractivity contribution is 6.02. The summed E-state index contributed by atoms with van der Waals surface area (Å²) in [5.41, 5.74) is 5.47. The molecule has 1 amide bonds. The lowest BCUT2D eigenvalue weighted by atomic mass is 9.86. The maximum Gasteiger partial charge on any atom is 0.262 e. The minimum atomic E-state index is -0.263. The van der Waals surface area contributed by atoms with Crippen molar-refractivity contribution in [2.75, 3.05) is 0 Å². The predicted octanol–water partition coefficient (Wildman–Crippen LogP) is 5.00. The van der Waals surface area contributed by atoms with E-state index in [-0.39, 0.29) is 17.5 Å². The molecule has 0 saturated heterocycles. The lowest BCUT2D eigenvalue weighted by molar-refractivity contribution is -0.118. The smallest absolute Gasteiger partial charge is 0.262 e. The van der Waals surface area contributed by atoms with Crippen molar-refractivity contribution in [1.29, 1.82) is 5.26 Å². The average molecular weight is 376 g/mol. The van der Waals surface area contributed by atoms with Crippen molar-refractivity contribution in [2.45, 2.75) is 59.4 Å². The zero-order valence-corrected chi connectivity index (χ0v) is 17.2. The minimum Gasteiger partial charge on any atom is -0.348 e. The molecular formula is C24H29N3O. The second-order valence-electron chi connectivity index (χ2n) is 8.01. The van der Waals surface area contributed by atoms with Gasteiger partial charge < -0.3 is 9.88 Å². The van der Waals surface area contributed by atoms with E-state index in [2.05, 4.69) is 54.1 Å². The van der Waals surface area contributed by atoms with Gasteiger partial charge in [-0.3, -0.25) is 4.79 Å². The molecule has 1 aromatic carbocycles. The van der Waals surface area contributed by atoms with Gasteiger partial charge in [0.1, 0.15) is 11.6 Å². The number of hydrogen-bond donors (Lipinski definition) is 1. The first-order valence-electron chi connectivity index (χ1n) is 10.1. The van der Waals surface area contributed by atoms with Gasteiger partial charge in [0.05, 0.1) is 0 Å². The Labute approximate surface area is 167 Å². The Balaban J connectivity index is 1.86. The number of carbonyl (C=O) groups excluding carboxylic acids is 1. The third-order valence-corrected chi connectivity index (χ3v) is 5.86. The van der Waals surface area contributed by atoms with Crippen LogP contribution in [0.4, 0.5) is 0 Å². The lowest BCUT2D eigenvalue weighted by Gasteiger charge is -2.29. The van der Waals surface area contributed by atoms with E-state index in [0.717, 1.165) is 41.9 Å². The number of aryl methyl sites for hydroxylation is 2. The number of nitrogens with zero attached hydrogens (tertiary/aromatic N) is 2. The quantitative estimate of drug-likeness (QED) is 0.603. The third kappa shape index (κ3) is 4.20. The molecule has 1 fully saturated rings. The molecule has 1 aliphatic carbocycles. The lowest BCUT2D eigenvalue weighted by Crippen LogP contribution is -2.41. The second-order valence-corrected chi connectivity index (χ2v) is 8.01. The van der Waals surface area contributed by atoms with Crippen molar-refractivity contribution in [3.8, 4) is 11.8 Å². The summed E-state index contributed by atoms with van der Waals surface area (Å²) in [5.74, 6) is 0.200. The molecule has 2 aromatic rings. The Bertz CT molecular complexity index is 928.